The molecule has 0 saturated carbocycles. The van der Waals surface area contributed by atoms with Crippen LogP contribution in [-0.2, 0) is 4.79 Å². The molecule has 1 heterocycles. The van der Waals surface area contributed by atoms with E-state index in [1.54, 1.807) is 37.3 Å². The van der Waals surface area contributed by atoms with Crippen molar-refractivity contribution in [1.82, 2.24) is 10.2 Å². The molecule has 0 aliphatic heterocycles. The standard InChI is InChI=1S/C18H16N2O4/c1-12-4-3-5-16(10-12)23-13(2)18(21)24-15-8-6-14(7-9-15)17-20-19-11-22-17/h3-11,13H,1-2H3/t13-/m0/s1. The van der Waals surface area contributed by atoms with Crippen LogP contribution < -0.4 is 9.47 Å². The number of rotatable bonds is 5. The highest BCUT2D eigenvalue weighted by Gasteiger charge is 2.17. The second kappa shape index (κ2) is 6.95. The first kappa shape index (κ1) is 15.7. The molecule has 0 aliphatic carbocycles. The number of carbonyl (C=O) groups excluding carboxylic acids is 1. The summed E-state index contributed by atoms with van der Waals surface area (Å²) in [5, 5.41) is 7.43. The number of nitrogens with zero attached hydrogens (tertiary/aromatic N) is 2. The van der Waals surface area contributed by atoms with Crippen LogP contribution in [0.4, 0.5) is 0 Å². The van der Waals surface area contributed by atoms with Gasteiger partial charge in [-0.25, -0.2) is 4.79 Å². The summed E-state index contributed by atoms with van der Waals surface area (Å²) < 4.78 is 16.0. The Labute approximate surface area is 139 Å². The Kier molecular flexibility index (Phi) is 4.56. The Morgan fingerprint density at radius 1 is 1.12 bits per heavy atom. The average molecular weight is 324 g/mol. The van der Waals surface area contributed by atoms with Gasteiger partial charge >= 0.3 is 5.97 Å². The third kappa shape index (κ3) is 3.78. The van der Waals surface area contributed by atoms with Crippen LogP contribution in [0.25, 0.3) is 11.5 Å². The van der Waals surface area contributed by atoms with E-state index in [0.29, 0.717) is 17.4 Å². The van der Waals surface area contributed by atoms with E-state index in [9.17, 15) is 4.79 Å². The molecule has 0 fully saturated rings. The maximum absolute atomic E-state index is 12.1. The Bertz CT molecular complexity index is 813. The summed E-state index contributed by atoms with van der Waals surface area (Å²) in [6, 6.07) is 14.3. The van der Waals surface area contributed by atoms with Gasteiger partial charge in [0.25, 0.3) is 0 Å². The van der Waals surface area contributed by atoms with Crippen LogP contribution in [0.3, 0.4) is 0 Å². The largest absolute Gasteiger partial charge is 0.479 e. The molecule has 0 radical (unpaired) electrons. The second-order valence-corrected chi connectivity index (χ2v) is 5.27. The van der Waals surface area contributed by atoms with Crippen molar-refractivity contribution in [2.75, 3.05) is 0 Å². The normalized spacial score (nSPS) is 11.8. The van der Waals surface area contributed by atoms with Gasteiger partial charge < -0.3 is 13.9 Å². The van der Waals surface area contributed by atoms with Crippen LogP contribution in [0.2, 0.25) is 0 Å². The van der Waals surface area contributed by atoms with Crippen molar-refractivity contribution < 1.29 is 18.7 Å². The maximum Gasteiger partial charge on any atom is 0.352 e. The molecule has 1 atom stereocenters. The molecule has 0 N–H and O–H groups in total. The van der Waals surface area contributed by atoms with E-state index in [0.717, 1.165) is 11.1 Å². The lowest BCUT2D eigenvalue weighted by molar-refractivity contribution is -0.141. The zero-order valence-corrected chi connectivity index (χ0v) is 13.3. The lowest BCUT2D eigenvalue weighted by Gasteiger charge is -2.14. The highest BCUT2D eigenvalue weighted by molar-refractivity contribution is 5.77. The fraction of sp³-hybridized carbons (Fsp3) is 0.167. The van der Waals surface area contributed by atoms with Gasteiger partial charge in [0.1, 0.15) is 11.5 Å². The van der Waals surface area contributed by atoms with Crippen LogP contribution in [0.1, 0.15) is 12.5 Å². The third-order valence-electron chi connectivity index (χ3n) is 3.31. The molecule has 6 heteroatoms. The summed E-state index contributed by atoms with van der Waals surface area (Å²) >= 11 is 0. The molecule has 3 aromatic rings. The molecule has 0 spiro atoms. The fourth-order valence-electron chi connectivity index (χ4n) is 2.10. The zero-order valence-electron chi connectivity index (χ0n) is 13.3. The van der Waals surface area contributed by atoms with E-state index in [1.165, 1.54) is 6.39 Å². The molecule has 0 bridgehead atoms. The van der Waals surface area contributed by atoms with Gasteiger partial charge in [0.2, 0.25) is 12.3 Å². The van der Waals surface area contributed by atoms with Gasteiger partial charge in [-0.1, -0.05) is 12.1 Å². The number of aryl methyl sites for hydroxylation is 1. The SMILES string of the molecule is Cc1cccc(O[C@@H](C)C(=O)Oc2ccc(-c3nnco3)cc2)c1. The first-order valence-electron chi connectivity index (χ1n) is 7.43. The minimum absolute atomic E-state index is 0.407. The van der Waals surface area contributed by atoms with Crippen LogP contribution in [0.15, 0.2) is 59.3 Å². The smallest absolute Gasteiger partial charge is 0.352 e. The third-order valence-corrected chi connectivity index (χ3v) is 3.31. The lowest BCUT2D eigenvalue weighted by atomic mass is 10.2. The van der Waals surface area contributed by atoms with Gasteiger partial charge in [-0.15, -0.1) is 10.2 Å². The van der Waals surface area contributed by atoms with Crippen molar-refractivity contribution in [3.8, 4) is 23.0 Å². The first-order chi connectivity index (χ1) is 11.6. The van der Waals surface area contributed by atoms with Gasteiger partial charge in [-0.3, -0.25) is 0 Å². The van der Waals surface area contributed by atoms with Crippen LogP contribution in [0.5, 0.6) is 11.5 Å². The number of aromatic nitrogens is 2. The highest BCUT2D eigenvalue weighted by Crippen LogP contribution is 2.21. The Morgan fingerprint density at radius 2 is 1.92 bits per heavy atom. The van der Waals surface area contributed by atoms with Crippen molar-refractivity contribution in [3.05, 3.63) is 60.5 Å². The van der Waals surface area contributed by atoms with E-state index < -0.39 is 12.1 Å². The maximum atomic E-state index is 12.1. The Balaban J connectivity index is 1.61. The monoisotopic (exact) mass is 324 g/mol. The van der Waals surface area contributed by atoms with Crippen LogP contribution >= 0.6 is 0 Å². The van der Waals surface area contributed by atoms with Crippen LogP contribution in [0, 0.1) is 6.92 Å². The molecular formula is C18H16N2O4. The molecule has 0 aliphatic rings. The van der Waals surface area contributed by atoms with E-state index in [-0.39, 0.29) is 0 Å². The number of esters is 1. The first-order valence-corrected chi connectivity index (χ1v) is 7.43. The van der Waals surface area contributed by atoms with Crippen LogP contribution in [-0.4, -0.2) is 22.3 Å². The molecule has 1 aromatic heterocycles. The van der Waals surface area contributed by atoms with Gasteiger partial charge in [-0.05, 0) is 55.8 Å². The minimum Gasteiger partial charge on any atom is -0.479 e. The highest BCUT2D eigenvalue weighted by atomic mass is 16.6. The molecular weight excluding hydrogens is 308 g/mol. The lowest BCUT2D eigenvalue weighted by Crippen LogP contribution is -2.28. The van der Waals surface area contributed by atoms with Crippen molar-refractivity contribution in [2.45, 2.75) is 20.0 Å². The van der Waals surface area contributed by atoms with Gasteiger partial charge in [0.05, 0.1) is 0 Å². The summed E-state index contributed by atoms with van der Waals surface area (Å²) in [6.07, 6.45) is 0.538. The van der Waals surface area contributed by atoms with Crippen molar-refractivity contribution >= 4 is 5.97 Å². The van der Waals surface area contributed by atoms with E-state index in [2.05, 4.69) is 10.2 Å². The summed E-state index contributed by atoms with van der Waals surface area (Å²) in [7, 11) is 0. The van der Waals surface area contributed by atoms with E-state index in [4.69, 9.17) is 13.9 Å². The summed E-state index contributed by atoms with van der Waals surface area (Å²) in [4.78, 5) is 12.1. The average Bonchev–Trinajstić information content (AvgIpc) is 3.10. The molecule has 122 valence electrons. The van der Waals surface area contributed by atoms with Gasteiger partial charge in [-0.2, -0.15) is 0 Å². The number of benzene rings is 2. The topological polar surface area (TPSA) is 74.5 Å². The Hall–Kier alpha value is -3.15. The van der Waals surface area contributed by atoms with E-state index in [1.807, 2.05) is 25.1 Å². The molecule has 0 unspecified atom stereocenters. The number of ether oxygens (including phenoxy) is 2. The van der Waals surface area contributed by atoms with Crippen molar-refractivity contribution in [3.63, 3.8) is 0 Å². The molecule has 24 heavy (non-hydrogen) atoms. The quantitative estimate of drug-likeness (QED) is 0.529. The van der Waals surface area contributed by atoms with Gasteiger partial charge in [0.15, 0.2) is 6.10 Å². The predicted molar refractivity (Wildman–Crippen MR) is 86.6 cm³/mol. The van der Waals surface area contributed by atoms with Gasteiger partial charge in [0, 0.05) is 5.56 Å². The van der Waals surface area contributed by atoms with Crippen molar-refractivity contribution in [2.24, 2.45) is 0 Å². The Morgan fingerprint density at radius 3 is 2.58 bits per heavy atom. The number of hydrogen-bond acceptors (Lipinski definition) is 6. The molecule has 6 nitrogen and oxygen atoms in total. The molecule has 2 aromatic carbocycles. The number of carbonyl (C=O) groups is 1. The summed E-state index contributed by atoms with van der Waals surface area (Å²) in [6.45, 7) is 3.61. The van der Waals surface area contributed by atoms with E-state index >= 15 is 0 Å². The number of hydrogen-bond donors (Lipinski definition) is 0. The minimum atomic E-state index is -0.720. The summed E-state index contributed by atoms with van der Waals surface area (Å²) in [5.74, 6) is 0.986. The molecule has 3 rings (SSSR count). The summed E-state index contributed by atoms with van der Waals surface area (Å²) in [5.41, 5.74) is 1.81. The second-order valence-electron chi connectivity index (χ2n) is 5.27. The van der Waals surface area contributed by atoms with Crippen molar-refractivity contribution in [1.29, 1.82) is 0 Å². The fourth-order valence-corrected chi connectivity index (χ4v) is 2.10. The molecule has 0 saturated heterocycles. The zero-order chi connectivity index (χ0) is 16.9. The molecule has 0 amide bonds. The predicted octanol–water partition coefficient (Wildman–Crippen LogP) is 3.42.